The van der Waals surface area contributed by atoms with Gasteiger partial charge in [-0.05, 0) is 55.0 Å². The number of hydrogen-bond donors (Lipinski definition) is 2. The number of benzene rings is 2. The number of rotatable bonds is 4. The molecule has 0 fully saturated rings. The van der Waals surface area contributed by atoms with Crippen molar-refractivity contribution in [3.8, 4) is 5.75 Å². The van der Waals surface area contributed by atoms with Gasteiger partial charge in [0.15, 0.2) is 5.11 Å². The van der Waals surface area contributed by atoms with Gasteiger partial charge >= 0.3 is 0 Å². The topological polar surface area (TPSA) is 33.3 Å². The van der Waals surface area contributed by atoms with E-state index < -0.39 is 0 Å². The first kappa shape index (κ1) is 16.7. The molecular formula is C16H16BrFN2OS. The molecule has 2 rings (SSSR count). The van der Waals surface area contributed by atoms with E-state index in [1.807, 2.05) is 31.2 Å². The van der Waals surface area contributed by atoms with Crippen LogP contribution >= 0.6 is 28.1 Å². The van der Waals surface area contributed by atoms with Crippen molar-refractivity contribution < 1.29 is 9.13 Å². The van der Waals surface area contributed by atoms with Gasteiger partial charge in [0.1, 0.15) is 11.6 Å². The van der Waals surface area contributed by atoms with E-state index in [4.69, 9.17) is 17.0 Å². The first-order valence-corrected chi connectivity index (χ1v) is 7.86. The monoisotopic (exact) mass is 382 g/mol. The zero-order valence-electron chi connectivity index (χ0n) is 12.2. The number of thiocarbonyl (C=S) groups is 1. The molecule has 0 bridgehead atoms. The molecule has 0 aliphatic carbocycles. The van der Waals surface area contributed by atoms with Gasteiger partial charge < -0.3 is 15.4 Å². The van der Waals surface area contributed by atoms with Crippen molar-refractivity contribution in [2.45, 2.75) is 13.0 Å². The van der Waals surface area contributed by atoms with Crippen molar-refractivity contribution in [3.63, 3.8) is 0 Å². The summed E-state index contributed by atoms with van der Waals surface area (Å²) in [6.07, 6.45) is 0. The van der Waals surface area contributed by atoms with Crippen LogP contribution in [0.4, 0.5) is 10.1 Å². The summed E-state index contributed by atoms with van der Waals surface area (Å²) >= 11 is 8.45. The lowest BCUT2D eigenvalue weighted by molar-refractivity contribution is 0.414. The van der Waals surface area contributed by atoms with Crippen LogP contribution < -0.4 is 15.4 Å². The second kappa shape index (κ2) is 7.56. The van der Waals surface area contributed by atoms with Gasteiger partial charge in [-0.25, -0.2) is 4.39 Å². The summed E-state index contributed by atoms with van der Waals surface area (Å²) in [7, 11) is 1.63. The molecule has 0 saturated carbocycles. The third-order valence-electron chi connectivity index (χ3n) is 3.14. The zero-order chi connectivity index (χ0) is 16.1. The summed E-state index contributed by atoms with van der Waals surface area (Å²) in [6.45, 7) is 1.98. The molecule has 0 spiro atoms. The molecule has 2 N–H and O–H groups in total. The van der Waals surface area contributed by atoms with Crippen LogP contribution in [-0.2, 0) is 0 Å². The summed E-state index contributed by atoms with van der Waals surface area (Å²) in [5.74, 6) is 0.434. The standard InChI is InChI=1S/C16H16BrFN2OS/c1-10(11-3-6-13(21-2)7-4-11)19-16(22)20-15-8-5-12(17)9-14(15)18/h3-10H,1-2H3,(H2,19,20,22)/t10-/m1/s1. The predicted octanol–water partition coefficient (Wildman–Crippen LogP) is 4.64. The molecule has 2 aromatic carbocycles. The first-order valence-electron chi connectivity index (χ1n) is 6.66. The van der Waals surface area contributed by atoms with Gasteiger partial charge in [0.05, 0.1) is 18.8 Å². The Kier molecular flexibility index (Phi) is 5.74. The maximum absolute atomic E-state index is 13.8. The van der Waals surface area contributed by atoms with Crippen molar-refractivity contribution in [1.29, 1.82) is 0 Å². The molecule has 3 nitrogen and oxygen atoms in total. The van der Waals surface area contributed by atoms with E-state index in [2.05, 4.69) is 26.6 Å². The van der Waals surface area contributed by atoms with E-state index >= 15 is 0 Å². The highest BCUT2D eigenvalue weighted by atomic mass is 79.9. The van der Waals surface area contributed by atoms with Crippen molar-refractivity contribution >= 4 is 38.9 Å². The highest BCUT2D eigenvalue weighted by Crippen LogP contribution is 2.20. The zero-order valence-corrected chi connectivity index (χ0v) is 14.6. The number of nitrogens with one attached hydrogen (secondary N) is 2. The van der Waals surface area contributed by atoms with Gasteiger partial charge in [0.2, 0.25) is 0 Å². The van der Waals surface area contributed by atoms with Gasteiger partial charge in [-0.1, -0.05) is 28.1 Å². The maximum Gasteiger partial charge on any atom is 0.171 e. The molecule has 0 unspecified atom stereocenters. The second-order valence-corrected chi connectivity index (χ2v) is 6.04. The molecule has 0 aliphatic heterocycles. The minimum absolute atomic E-state index is 0.00980. The first-order chi connectivity index (χ1) is 10.5. The van der Waals surface area contributed by atoms with Gasteiger partial charge in [0, 0.05) is 4.47 Å². The molecule has 0 heterocycles. The largest absolute Gasteiger partial charge is 0.497 e. The van der Waals surface area contributed by atoms with Gasteiger partial charge in [-0.2, -0.15) is 0 Å². The quantitative estimate of drug-likeness (QED) is 0.754. The number of anilines is 1. The van der Waals surface area contributed by atoms with Gasteiger partial charge in [0.25, 0.3) is 0 Å². The van der Waals surface area contributed by atoms with Crippen molar-refractivity contribution in [2.24, 2.45) is 0 Å². The van der Waals surface area contributed by atoms with Crippen LogP contribution in [0.3, 0.4) is 0 Å². The molecule has 116 valence electrons. The molecule has 22 heavy (non-hydrogen) atoms. The maximum atomic E-state index is 13.8. The normalized spacial score (nSPS) is 11.6. The van der Waals surface area contributed by atoms with Crippen molar-refractivity contribution in [1.82, 2.24) is 5.32 Å². The highest BCUT2D eigenvalue weighted by molar-refractivity contribution is 9.10. The molecule has 0 amide bonds. The van der Waals surface area contributed by atoms with E-state index in [0.29, 0.717) is 15.3 Å². The van der Waals surface area contributed by atoms with Crippen LogP contribution in [0.15, 0.2) is 46.9 Å². The minimum atomic E-state index is -0.365. The molecule has 6 heteroatoms. The Balaban J connectivity index is 1.98. The molecule has 0 aliphatic rings. The summed E-state index contributed by atoms with van der Waals surface area (Å²) in [5.41, 5.74) is 1.39. The summed E-state index contributed by atoms with van der Waals surface area (Å²) < 4.78 is 19.6. The fourth-order valence-electron chi connectivity index (χ4n) is 1.92. The average molecular weight is 383 g/mol. The molecular weight excluding hydrogens is 367 g/mol. The molecule has 1 atom stereocenters. The van der Waals surface area contributed by atoms with E-state index in [0.717, 1.165) is 11.3 Å². The van der Waals surface area contributed by atoms with Crippen LogP contribution in [-0.4, -0.2) is 12.2 Å². The van der Waals surface area contributed by atoms with Gasteiger partial charge in [-0.3, -0.25) is 0 Å². The lowest BCUT2D eigenvalue weighted by Crippen LogP contribution is -2.31. The third kappa shape index (κ3) is 4.42. The van der Waals surface area contributed by atoms with Crippen LogP contribution in [0.2, 0.25) is 0 Å². The summed E-state index contributed by atoms with van der Waals surface area (Å²) in [6, 6.07) is 12.4. The Labute approximate surface area is 143 Å². The lowest BCUT2D eigenvalue weighted by Gasteiger charge is -2.18. The number of methoxy groups -OCH3 is 1. The van der Waals surface area contributed by atoms with Crippen LogP contribution in [0, 0.1) is 5.82 Å². The average Bonchev–Trinajstić information content (AvgIpc) is 2.50. The predicted molar refractivity (Wildman–Crippen MR) is 94.9 cm³/mol. The van der Waals surface area contributed by atoms with Crippen LogP contribution in [0.1, 0.15) is 18.5 Å². The van der Waals surface area contributed by atoms with Gasteiger partial charge in [-0.15, -0.1) is 0 Å². The Morgan fingerprint density at radius 1 is 1.23 bits per heavy atom. The smallest absolute Gasteiger partial charge is 0.171 e. The Morgan fingerprint density at radius 3 is 2.50 bits per heavy atom. The Hall–Kier alpha value is -1.66. The Bertz CT molecular complexity index is 664. The van der Waals surface area contributed by atoms with E-state index in [1.165, 1.54) is 6.07 Å². The number of halogens is 2. The van der Waals surface area contributed by atoms with E-state index in [9.17, 15) is 4.39 Å². The summed E-state index contributed by atoms with van der Waals surface area (Å²) in [5, 5.41) is 6.35. The molecule has 0 aromatic heterocycles. The molecule has 0 saturated heterocycles. The molecule has 0 radical (unpaired) electrons. The van der Waals surface area contributed by atoms with Crippen LogP contribution in [0.25, 0.3) is 0 Å². The Morgan fingerprint density at radius 2 is 1.91 bits per heavy atom. The fraction of sp³-hybridized carbons (Fsp3) is 0.188. The SMILES string of the molecule is COc1ccc([C@@H](C)NC(=S)Nc2ccc(Br)cc2F)cc1. The fourth-order valence-corrected chi connectivity index (χ4v) is 2.54. The second-order valence-electron chi connectivity index (χ2n) is 4.72. The van der Waals surface area contributed by atoms with E-state index in [-0.39, 0.29) is 11.9 Å². The third-order valence-corrected chi connectivity index (χ3v) is 3.86. The van der Waals surface area contributed by atoms with E-state index in [1.54, 1.807) is 19.2 Å². The number of ether oxygens (including phenoxy) is 1. The minimum Gasteiger partial charge on any atom is -0.497 e. The highest BCUT2D eigenvalue weighted by Gasteiger charge is 2.09. The lowest BCUT2D eigenvalue weighted by atomic mass is 10.1. The summed E-state index contributed by atoms with van der Waals surface area (Å²) in [4.78, 5) is 0. The van der Waals surface area contributed by atoms with Crippen molar-refractivity contribution in [3.05, 3.63) is 58.3 Å². The van der Waals surface area contributed by atoms with Crippen LogP contribution in [0.5, 0.6) is 5.75 Å². The number of hydrogen-bond acceptors (Lipinski definition) is 2. The molecule has 2 aromatic rings. The van der Waals surface area contributed by atoms with Crippen molar-refractivity contribution in [2.75, 3.05) is 12.4 Å².